The van der Waals surface area contributed by atoms with Crippen molar-refractivity contribution in [2.45, 2.75) is 44.8 Å². The van der Waals surface area contributed by atoms with Gasteiger partial charge in [-0.25, -0.2) is 0 Å². The van der Waals surface area contributed by atoms with Crippen LogP contribution in [0.3, 0.4) is 0 Å². The highest BCUT2D eigenvalue weighted by molar-refractivity contribution is 4.86. The highest BCUT2D eigenvalue weighted by Crippen LogP contribution is 2.36. The molecule has 0 spiro atoms. The Morgan fingerprint density at radius 1 is 1.43 bits per heavy atom. The first-order chi connectivity index (χ1) is 6.79. The molecule has 1 rings (SSSR count). The van der Waals surface area contributed by atoms with Crippen LogP contribution in [0, 0.1) is 5.92 Å². The Kier molecular flexibility index (Phi) is 5.45. The summed E-state index contributed by atoms with van der Waals surface area (Å²) in [6.45, 7) is 3.40. The maximum absolute atomic E-state index is 9.90. The molecule has 0 saturated heterocycles. The van der Waals surface area contributed by atoms with Crippen LogP contribution in [0.1, 0.15) is 32.6 Å². The van der Waals surface area contributed by atoms with Gasteiger partial charge in [0.05, 0.1) is 12.2 Å². The van der Waals surface area contributed by atoms with Gasteiger partial charge in [-0.05, 0) is 38.5 Å². The van der Waals surface area contributed by atoms with Crippen molar-refractivity contribution in [1.29, 1.82) is 0 Å². The van der Waals surface area contributed by atoms with Crippen LogP contribution in [0.4, 0.5) is 0 Å². The maximum atomic E-state index is 9.90. The van der Waals surface area contributed by atoms with Crippen molar-refractivity contribution >= 4 is 0 Å². The summed E-state index contributed by atoms with van der Waals surface area (Å²) in [6, 6.07) is 0. The Hall–Kier alpha value is -0.120. The third kappa shape index (κ3) is 3.95. The molecular weight excluding hydrogens is 180 g/mol. The van der Waals surface area contributed by atoms with Crippen LogP contribution in [0.15, 0.2) is 0 Å². The van der Waals surface area contributed by atoms with E-state index in [0.717, 1.165) is 19.4 Å². The van der Waals surface area contributed by atoms with Crippen molar-refractivity contribution in [3.63, 3.8) is 0 Å². The second kappa shape index (κ2) is 6.38. The van der Waals surface area contributed by atoms with Gasteiger partial charge in [-0.2, -0.15) is 0 Å². The summed E-state index contributed by atoms with van der Waals surface area (Å²) in [5.41, 5.74) is 0. The lowest BCUT2D eigenvalue weighted by molar-refractivity contribution is -0.0497. The Bertz CT molecular complexity index is 145. The number of ether oxygens (including phenoxy) is 2. The van der Waals surface area contributed by atoms with Gasteiger partial charge < -0.3 is 14.6 Å². The van der Waals surface area contributed by atoms with E-state index in [4.69, 9.17) is 9.47 Å². The van der Waals surface area contributed by atoms with Gasteiger partial charge in [-0.3, -0.25) is 0 Å². The lowest BCUT2D eigenvalue weighted by Crippen LogP contribution is -2.31. The Morgan fingerprint density at radius 2 is 2.14 bits per heavy atom. The number of methoxy groups -OCH3 is 1. The van der Waals surface area contributed by atoms with Crippen LogP contribution in [-0.4, -0.2) is 37.6 Å². The molecule has 0 bridgehead atoms. The standard InChI is InChI=1S/C11H22O3/c1-3-14-11(9-6-7-9)10(12)5-4-8-13-2/h9-12H,3-8H2,1-2H3. The molecule has 2 unspecified atom stereocenters. The third-order valence-corrected chi connectivity index (χ3v) is 2.67. The zero-order valence-electron chi connectivity index (χ0n) is 9.24. The van der Waals surface area contributed by atoms with Crippen molar-refractivity contribution in [2.24, 2.45) is 5.92 Å². The van der Waals surface area contributed by atoms with Gasteiger partial charge in [0.15, 0.2) is 0 Å². The summed E-state index contributed by atoms with van der Waals surface area (Å²) in [5, 5.41) is 9.90. The van der Waals surface area contributed by atoms with Crippen LogP contribution in [0.25, 0.3) is 0 Å². The topological polar surface area (TPSA) is 38.7 Å². The van der Waals surface area contributed by atoms with Crippen LogP contribution in [0.2, 0.25) is 0 Å². The summed E-state index contributed by atoms with van der Waals surface area (Å²) < 4.78 is 10.5. The quantitative estimate of drug-likeness (QED) is 0.607. The zero-order valence-corrected chi connectivity index (χ0v) is 9.24. The minimum atomic E-state index is -0.308. The summed E-state index contributed by atoms with van der Waals surface area (Å²) in [7, 11) is 1.69. The van der Waals surface area contributed by atoms with Crippen LogP contribution >= 0.6 is 0 Å². The van der Waals surface area contributed by atoms with Gasteiger partial charge in [-0.1, -0.05) is 0 Å². The SMILES string of the molecule is CCOC(C(O)CCCOC)C1CC1. The first-order valence-corrected chi connectivity index (χ1v) is 5.58. The Morgan fingerprint density at radius 3 is 2.64 bits per heavy atom. The molecule has 0 aliphatic heterocycles. The summed E-state index contributed by atoms with van der Waals surface area (Å²) in [4.78, 5) is 0. The van der Waals surface area contributed by atoms with E-state index in [0.29, 0.717) is 12.5 Å². The minimum Gasteiger partial charge on any atom is -0.390 e. The Labute approximate surface area is 86.4 Å². The molecule has 2 atom stereocenters. The van der Waals surface area contributed by atoms with E-state index in [-0.39, 0.29) is 12.2 Å². The van der Waals surface area contributed by atoms with Crippen molar-refractivity contribution < 1.29 is 14.6 Å². The van der Waals surface area contributed by atoms with Crippen molar-refractivity contribution in [3.8, 4) is 0 Å². The van der Waals surface area contributed by atoms with E-state index < -0.39 is 0 Å². The summed E-state index contributed by atoms with van der Waals surface area (Å²) >= 11 is 0. The van der Waals surface area contributed by atoms with Gasteiger partial charge in [0.1, 0.15) is 0 Å². The van der Waals surface area contributed by atoms with Crippen molar-refractivity contribution in [2.75, 3.05) is 20.3 Å². The predicted molar refractivity (Wildman–Crippen MR) is 55.3 cm³/mol. The molecule has 1 saturated carbocycles. The molecule has 1 N–H and O–H groups in total. The zero-order chi connectivity index (χ0) is 10.4. The van der Waals surface area contributed by atoms with Gasteiger partial charge in [0.2, 0.25) is 0 Å². The molecule has 0 heterocycles. The van der Waals surface area contributed by atoms with E-state index in [1.807, 2.05) is 6.92 Å². The van der Waals surface area contributed by atoms with Crippen LogP contribution in [-0.2, 0) is 9.47 Å². The number of rotatable bonds is 8. The van der Waals surface area contributed by atoms with E-state index >= 15 is 0 Å². The molecule has 0 amide bonds. The fraction of sp³-hybridized carbons (Fsp3) is 1.00. The van der Waals surface area contributed by atoms with Gasteiger partial charge >= 0.3 is 0 Å². The number of aliphatic hydroxyl groups is 1. The van der Waals surface area contributed by atoms with E-state index in [2.05, 4.69) is 0 Å². The monoisotopic (exact) mass is 202 g/mol. The smallest absolute Gasteiger partial charge is 0.0861 e. The molecule has 0 aromatic carbocycles. The van der Waals surface area contributed by atoms with E-state index in [1.54, 1.807) is 7.11 Å². The lowest BCUT2D eigenvalue weighted by atomic mass is 10.0. The average Bonchev–Trinajstić information content (AvgIpc) is 2.98. The minimum absolute atomic E-state index is 0.0665. The van der Waals surface area contributed by atoms with Crippen molar-refractivity contribution in [3.05, 3.63) is 0 Å². The molecule has 84 valence electrons. The second-order valence-electron chi connectivity index (χ2n) is 3.96. The largest absolute Gasteiger partial charge is 0.390 e. The summed E-state index contributed by atoms with van der Waals surface area (Å²) in [5.74, 6) is 0.604. The first-order valence-electron chi connectivity index (χ1n) is 5.58. The van der Waals surface area contributed by atoms with Gasteiger partial charge in [0.25, 0.3) is 0 Å². The predicted octanol–water partition coefficient (Wildman–Crippen LogP) is 1.59. The number of hydrogen-bond donors (Lipinski definition) is 1. The molecule has 1 aliphatic carbocycles. The molecule has 3 nitrogen and oxygen atoms in total. The molecule has 1 aliphatic rings. The molecule has 0 aromatic heterocycles. The molecule has 1 fully saturated rings. The first kappa shape index (κ1) is 12.0. The highest BCUT2D eigenvalue weighted by Gasteiger charge is 2.36. The fourth-order valence-electron chi connectivity index (χ4n) is 1.78. The van der Waals surface area contributed by atoms with Crippen LogP contribution < -0.4 is 0 Å². The second-order valence-corrected chi connectivity index (χ2v) is 3.96. The van der Waals surface area contributed by atoms with E-state index in [9.17, 15) is 5.11 Å². The average molecular weight is 202 g/mol. The Balaban J connectivity index is 2.19. The van der Waals surface area contributed by atoms with Gasteiger partial charge in [0, 0.05) is 20.3 Å². The molecular formula is C11H22O3. The molecule has 0 aromatic rings. The molecule has 3 heteroatoms. The number of aliphatic hydroxyl groups excluding tert-OH is 1. The van der Waals surface area contributed by atoms with Gasteiger partial charge in [-0.15, -0.1) is 0 Å². The maximum Gasteiger partial charge on any atom is 0.0861 e. The van der Waals surface area contributed by atoms with E-state index in [1.165, 1.54) is 12.8 Å². The molecule has 0 radical (unpaired) electrons. The third-order valence-electron chi connectivity index (χ3n) is 2.67. The van der Waals surface area contributed by atoms with Crippen molar-refractivity contribution in [1.82, 2.24) is 0 Å². The normalized spacial score (nSPS) is 20.8. The summed E-state index contributed by atoms with van der Waals surface area (Å²) in [6.07, 6.45) is 3.88. The molecule has 14 heavy (non-hydrogen) atoms. The fourth-order valence-corrected chi connectivity index (χ4v) is 1.78. The lowest BCUT2D eigenvalue weighted by Gasteiger charge is -2.22. The number of hydrogen-bond acceptors (Lipinski definition) is 3. The van der Waals surface area contributed by atoms with Crippen LogP contribution in [0.5, 0.6) is 0 Å². The highest BCUT2D eigenvalue weighted by atomic mass is 16.5.